The van der Waals surface area contributed by atoms with Crippen LogP contribution >= 0.6 is 15.9 Å². The van der Waals surface area contributed by atoms with Crippen molar-refractivity contribution in [3.05, 3.63) is 28.7 Å². The van der Waals surface area contributed by atoms with Gasteiger partial charge in [0.15, 0.2) is 6.61 Å². The maximum atomic E-state index is 12.0. The van der Waals surface area contributed by atoms with Crippen molar-refractivity contribution < 1.29 is 24.5 Å². The summed E-state index contributed by atoms with van der Waals surface area (Å²) in [5.41, 5.74) is 0. The van der Waals surface area contributed by atoms with Crippen LogP contribution in [0.4, 0.5) is 0 Å². The summed E-state index contributed by atoms with van der Waals surface area (Å²) in [5, 5.41) is 18.5. The largest absolute Gasteiger partial charge is 0.484 e. The summed E-state index contributed by atoms with van der Waals surface area (Å²) in [4.78, 5) is 24.1. The number of nitrogens with zero attached hydrogens (tertiary/aromatic N) is 1. The van der Waals surface area contributed by atoms with Gasteiger partial charge in [-0.15, -0.1) is 0 Å². The summed E-state index contributed by atoms with van der Waals surface area (Å²) in [6.45, 7) is -0.225. The van der Waals surface area contributed by atoms with Crippen LogP contribution in [0.5, 0.6) is 5.75 Å². The first-order chi connectivity index (χ1) is 9.47. The Morgan fingerprint density at radius 3 is 2.60 bits per heavy atom. The Balaban J connectivity index is 1.94. The second-order valence-electron chi connectivity index (χ2n) is 4.53. The highest BCUT2D eigenvalue weighted by molar-refractivity contribution is 9.10. The number of aliphatic hydroxyl groups excluding tert-OH is 1. The Morgan fingerprint density at radius 2 is 2.00 bits per heavy atom. The fourth-order valence-electron chi connectivity index (χ4n) is 2.08. The van der Waals surface area contributed by atoms with Crippen LogP contribution in [0.1, 0.15) is 6.42 Å². The quantitative estimate of drug-likeness (QED) is 0.847. The first-order valence-electron chi connectivity index (χ1n) is 6.06. The number of ether oxygens (including phenoxy) is 1. The summed E-state index contributed by atoms with van der Waals surface area (Å²) in [6.07, 6.45) is -0.743. The molecule has 1 heterocycles. The minimum Gasteiger partial charge on any atom is -0.484 e. The average Bonchev–Trinajstić information content (AvgIpc) is 2.80. The van der Waals surface area contributed by atoms with Gasteiger partial charge in [-0.2, -0.15) is 0 Å². The zero-order valence-electron chi connectivity index (χ0n) is 10.5. The molecular weight excluding hydrogens is 330 g/mol. The molecule has 0 radical (unpaired) electrons. The molecule has 0 bridgehead atoms. The number of aliphatic carboxylic acids is 1. The lowest BCUT2D eigenvalue weighted by molar-refractivity contribution is -0.148. The van der Waals surface area contributed by atoms with E-state index in [0.717, 1.165) is 9.37 Å². The first kappa shape index (κ1) is 14.8. The maximum Gasteiger partial charge on any atom is 0.326 e. The smallest absolute Gasteiger partial charge is 0.326 e. The molecule has 0 aromatic heterocycles. The van der Waals surface area contributed by atoms with E-state index < -0.39 is 24.0 Å². The minimum atomic E-state index is -1.11. The lowest BCUT2D eigenvalue weighted by Gasteiger charge is -2.21. The molecule has 6 nitrogen and oxygen atoms in total. The van der Waals surface area contributed by atoms with Gasteiger partial charge in [0.2, 0.25) is 0 Å². The zero-order chi connectivity index (χ0) is 14.7. The van der Waals surface area contributed by atoms with E-state index in [1.807, 2.05) is 0 Å². The molecule has 2 atom stereocenters. The number of carboxylic acids is 1. The Morgan fingerprint density at radius 1 is 1.35 bits per heavy atom. The number of likely N-dealkylation sites (tertiary alicyclic amines) is 1. The van der Waals surface area contributed by atoms with Crippen molar-refractivity contribution in [1.82, 2.24) is 4.90 Å². The molecule has 1 amide bonds. The van der Waals surface area contributed by atoms with E-state index in [0.29, 0.717) is 5.75 Å². The van der Waals surface area contributed by atoms with Gasteiger partial charge < -0.3 is 19.8 Å². The normalized spacial score (nSPS) is 21.8. The molecule has 108 valence electrons. The fraction of sp³-hybridized carbons (Fsp3) is 0.385. The summed E-state index contributed by atoms with van der Waals surface area (Å²) in [6, 6.07) is 5.97. The van der Waals surface area contributed by atoms with E-state index >= 15 is 0 Å². The Kier molecular flexibility index (Phi) is 4.61. The van der Waals surface area contributed by atoms with E-state index in [4.69, 9.17) is 9.84 Å². The predicted octanol–water partition coefficient (Wildman–Crippen LogP) is 0.874. The molecule has 0 spiro atoms. The minimum absolute atomic E-state index is 0.0273. The van der Waals surface area contributed by atoms with E-state index in [1.165, 1.54) is 0 Å². The van der Waals surface area contributed by atoms with Crippen molar-refractivity contribution >= 4 is 27.8 Å². The third-order valence-corrected chi connectivity index (χ3v) is 3.59. The number of carbonyl (C=O) groups is 2. The van der Waals surface area contributed by atoms with Crippen LogP contribution in [0.15, 0.2) is 28.7 Å². The molecule has 0 saturated carbocycles. The molecule has 1 aromatic rings. The molecular formula is C13H14BrNO5. The number of carboxylic acid groups (broad SMARTS) is 1. The zero-order valence-corrected chi connectivity index (χ0v) is 12.1. The molecule has 20 heavy (non-hydrogen) atoms. The second kappa shape index (κ2) is 6.23. The van der Waals surface area contributed by atoms with Gasteiger partial charge in [-0.05, 0) is 24.3 Å². The predicted molar refractivity (Wildman–Crippen MR) is 73.4 cm³/mol. The highest BCUT2D eigenvalue weighted by atomic mass is 79.9. The Bertz CT molecular complexity index is 504. The highest BCUT2D eigenvalue weighted by Crippen LogP contribution is 2.19. The van der Waals surface area contributed by atoms with Crippen molar-refractivity contribution in [2.45, 2.75) is 18.6 Å². The lowest BCUT2D eigenvalue weighted by atomic mass is 10.2. The van der Waals surface area contributed by atoms with Crippen molar-refractivity contribution in [2.75, 3.05) is 13.2 Å². The molecule has 1 aliphatic rings. The summed E-state index contributed by atoms with van der Waals surface area (Å²) >= 11 is 3.29. The monoisotopic (exact) mass is 343 g/mol. The van der Waals surface area contributed by atoms with Crippen LogP contribution in [-0.2, 0) is 9.59 Å². The number of benzene rings is 1. The van der Waals surface area contributed by atoms with Crippen molar-refractivity contribution in [3.63, 3.8) is 0 Å². The van der Waals surface area contributed by atoms with Crippen molar-refractivity contribution in [2.24, 2.45) is 0 Å². The summed E-state index contributed by atoms with van der Waals surface area (Å²) in [5.74, 6) is -1.04. The van der Waals surface area contributed by atoms with Crippen LogP contribution in [0.25, 0.3) is 0 Å². The van der Waals surface area contributed by atoms with E-state index in [9.17, 15) is 14.7 Å². The molecule has 7 heteroatoms. The number of rotatable bonds is 4. The number of hydrogen-bond donors (Lipinski definition) is 2. The van der Waals surface area contributed by atoms with Gasteiger partial charge in [0.05, 0.1) is 6.10 Å². The van der Waals surface area contributed by atoms with E-state index in [-0.39, 0.29) is 19.6 Å². The van der Waals surface area contributed by atoms with Gasteiger partial charge in [0.1, 0.15) is 11.8 Å². The SMILES string of the molecule is O=C(O)[C@H]1C[C@@H](O)CN1C(=O)COc1ccc(Br)cc1. The number of halogens is 1. The number of hydrogen-bond acceptors (Lipinski definition) is 4. The first-order valence-corrected chi connectivity index (χ1v) is 6.85. The topological polar surface area (TPSA) is 87.1 Å². The van der Waals surface area contributed by atoms with E-state index in [2.05, 4.69) is 15.9 Å². The van der Waals surface area contributed by atoms with Crippen LogP contribution in [-0.4, -0.2) is 52.3 Å². The number of aliphatic hydroxyl groups is 1. The van der Waals surface area contributed by atoms with Crippen molar-refractivity contribution in [3.8, 4) is 5.75 Å². The lowest BCUT2D eigenvalue weighted by Crippen LogP contribution is -2.42. The third kappa shape index (κ3) is 3.49. The van der Waals surface area contributed by atoms with Gasteiger partial charge in [-0.1, -0.05) is 15.9 Å². The molecule has 0 unspecified atom stereocenters. The van der Waals surface area contributed by atoms with Gasteiger partial charge >= 0.3 is 5.97 Å². The van der Waals surface area contributed by atoms with Crippen LogP contribution in [0, 0.1) is 0 Å². The summed E-state index contributed by atoms with van der Waals surface area (Å²) in [7, 11) is 0. The van der Waals surface area contributed by atoms with Gasteiger partial charge in [-0.3, -0.25) is 4.79 Å². The van der Waals surface area contributed by atoms with Crippen molar-refractivity contribution in [1.29, 1.82) is 0 Å². The average molecular weight is 344 g/mol. The second-order valence-corrected chi connectivity index (χ2v) is 5.45. The van der Waals surface area contributed by atoms with E-state index in [1.54, 1.807) is 24.3 Å². The van der Waals surface area contributed by atoms with Crippen LogP contribution in [0.2, 0.25) is 0 Å². The summed E-state index contributed by atoms with van der Waals surface area (Å²) < 4.78 is 6.21. The van der Waals surface area contributed by atoms with Gasteiger partial charge in [0, 0.05) is 17.4 Å². The third-order valence-electron chi connectivity index (χ3n) is 3.06. The number of β-amino-alcohol motifs (C(OH)–C–C–N with tert-alkyl or cyclic N) is 1. The molecule has 2 rings (SSSR count). The fourth-order valence-corrected chi connectivity index (χ4v) is 2.35. The molecule has 1 aromatic carbocycles. The Labute approximate surface area is 124 Å². The number of amides is 1. The Hall–Kier alpha value is -1.60. The molecule has 0 aliphatic carbocycles. The highest BCUT2D eigenvalue weighted by Gasteiger charge is 2.38. The standard InChI is InChI=1S/C13H14BrNO5/c14-8-1-3-10(4-2-8)20-7-12(17)15-6-9(16)5-11(15)13(18)19/h1-4,9,11,16H,5-7H2,(H,18,19)/t9-,11-/m1/s1. The molecule has 2 N–H and O–H groups in total. The molecule has 1 fully saturated rings. The molecule has 1 aliphatic heterocycles. The maximum absolute atomic E-state index is 12.0. The van der Waals surface area contributed by atoms with Gasteiger partial charge in [-0.25, -0.2) is 4.79 Å². The molecule has 1 saturated heterocycles. The van der Waals surface area contributed by atoms with Gasteiger partial charge in [0.25, 0.3) is 5.91 Å². The van der Waals surface area contributed by atoms with Crippen LogP contribution < -0.4 is 4.74 Å². The van der Waals surface area contributed by atoms with Crippen LogP contribution in [0.3, 0.4) is 0 Å². The number of carbonyl (C=O) groups excluding carboxylic acids is 1.